The Morgan fingerprint density at radius 1 is 1.41 bits per heavy atom. The molecule has 4 nitrogen and oxygen atoms in total. The lowest BCUT2D eigenvalue weighted by Crippen LogP contribution is -2.45. The first-order valence-corrected chi connectivity index (χ1v) is 10.2. The Bertz CT molecular complexity index is 498. The third-order valence-corrected chi connectivity index (χ3v) is 6.18. The minimum absolute atomic E-state index is 0.549. The Morgan fingerprint density at radius 2 is 2.23 bits per heavy atom. The van der Waals surface area contributed by atoms with Crippen LogP contribution in [0.4, 0.5) is 0 Å². The third-order valence-electron chi connectivity index (χ3n) is 4.02. The quantitative estimate of drug-likeness (QED) is 0.636. The topological polar surface area (TPSA) is 49.3 Å². The van der Waals surface area contributed by atoms with Gasteiger partial charge in [-0.1, -0.05) is 6.42 Å². The summed E-state index contributed by atoms with van der Waals surface area (Å²) >= 11 is 3.75. The monoisotopic (exact) mass is 340 g/mol. The van der Waals surface area contributed by atoms with E-state index in [0.29, 0.717) is 12.6 Å². The summed E-state index contributed by atoms with van der Waals surface area (Å²) in [4.78, 5) is 10.5. The van der Waals surface area contributed by atoms with Crippen LogP contribution in [0.25, 0.3) is 0 Å². The van der Waals surface area contributed by atoms with Crippen LogP contribution in [0.15, 0.2) is 4.99 Å². The van der Waals surface area contributed by atoms with Crippen molar-refractivity contribution in [1.82, 2.24) is 15.6 Å². The molecule has 0 aromatic carbocycles. The van der Waals surface area contributed by atoms with Crippen molar-refractivity contribution < 1.29 is 0 Å². The maximum absolute atomic E-state index is 4.76. The molecule has 1 aromatic heterocycles. The van der Waals surface area contributed by atoms with E-state index in [1.54, 1.807) is 11.3 Å². The van der Waals surface area contributed by atoms with E-state index in [4.69, 9.17) is 4.99 Å². The number of aromatic nitrogens is 1. The second-order valence-corrected chi connectivity index (χ2v) is 8.23. The molecule has 2 rings (SSSR count). The zero-order valence-corrected chi connectivity index (χ0v) is 15.7. The number of nitrogens with one attached hydrogen (secondary N) is 2. The molecule has 1 aliphatic carbocycles. The lowest BCUT2D eigenvalue weighted by Gasteiger charge is -2.29. The fourth-order valence-corrected chi connectivity index (χ4v) is 4.56. The van der Waals surface area contributed by atoms with Gasteiger partial charge in [0.2, 0.25) is 0 Å². The number of rotatable bonds is 5. The molecule has 6 heteroatoms. The number of hydrogen-bond donors (Lipinski definition) is 2. The summed E-state index contributed by atoms with van der Waals surface area (Å²) in [5.74, 6) is 0.944. The van der Waals surface area contributed by atoms with E-state index < -0.39 is 0 Å². The van der Waals surface area contributed by atoms with E-state index in [-0.39, 0.29) is 0 Å². The number of thiazole rings is 1. The maximum atomic E-state index is 4.76. The summed E-state index contributed by atoms with van der Waals surface area (Å²) in [6, 6.07) is 0.549. The van der Waals surface area contributed by atoms with Gasteiger partial charge in [-0.15, -0.1) is 11.3 Å². The van der Waals surface area contributed by atoms with Crippen LogP contribution < -0.4 is 10.6 Å². The first-order chi connectivity index (χ1) is 10.6. The molecule has 0 spiro atoms. The summed E-state index contributed by atoms with van der Waals surface area (Å²) in [6.45, 7) is 7.85. The predicted molar refractivity (Wildman–Crippen MR) is 99.1 cm³/mol. The van der Waals surface area contributed by atoms with E-state index in [9.17, 15) is 0 Å². The smallest absolute Gasteiger partial charge is 0.191 e. The average molecular weight is 341 g/mol. The Balaban J connectivity index is 1.96. The number of guanidine groups is 1. The molecule has 124 valence electrons. The summed E-state index contributed by atoms with van der Waals surface area (Å²) in [5.41, 5.74) is 1.11. The van der Waals surface area contributed by atoms with Gasteiger partial charge in [0, 0.05) is 22.7 Å². The Labute approximate surface area is 142 Å². The van der Waals surface area contributed by atoms with Gasteiger partial charge in [-0.3, -0.25) is 0 Å². The van der Waals surface area contributed by atoms with Crippen molar-refractivity contribution >= 4 is 29.1 Å². The molecule has 1 aromatic rings. The summed E-state index contributed by atoms with van der Waals surface area (Å²) < 4.78 is 0. The number of aryl methyl sites for hydroxylation is 2. The molecule has 2 unspecified atom stereocenters. The molecule has 1 fully saturated rings. The first kappa shape index (κ1) is 17.6. The Kier molecular flexibility index (Phi) is 7.02. The van der Waals surface area contributed by atoms with Crippen molar-refractivity contribution in [3.63, 3.8) is 0 Å². The molecule has 0 amide bonds. The van der Waals surface area contributed by atoms with Crippen molar-refractivity contribution in [1.29, 1.82) is 0 Å². The number of aliphatic imine (C=N–C) groups is 1. The fourth-order valence-electron chi connectivity index (χ4n) is 2.87. The van der Waals surface area contributed by atoms with Gasteiger partial charge in [-0.25, -0.2) is 9.98 Å². The molecule has 2 N–H and O–H groups in total. The average Bonchev–Trinajstić information content (AvgIpc) is 2.83. The SMILES string of the molecule is CCNC(=NCc1sc(C)nc1C)NC1CCCC(SC)C1. The summed E-state index contributed by atoms with van der Waals surface area (Å²) in [6.07, 6.45) is 7.38. The van der Waals surface area contributed by atoms with Gasteiger partial charge < -0.3 is 10.6 Å². The molecule has 22 heavy (non-hydrogen) atoms. The van der Waals surface area contributed by atoms with Crippen molar-refractivity contribution in [2.75, 3.05) is 12.8 Å². The van der Waals surface area contributed by atoms with Crippen LogP contribution >= 0.6 is 23.1 Å². The van der Waals surface area contributed by atoms with Crippen LogP contribution in [0.2, 0.25) is 0 Å². The van der Waals surface area contributed by atoms with Crippen molar-refractivity contribution in [3.05, 3.63) is 15.6 Å². The van der Waals surface area contributed by atoms with E-state index in [1.165, 1.54) is 30.6 Å². The number of hydrogen-bond acceptors (Lipinski definition) is 4. The molecule has 1 aliphatic rings. The highest BCUT2D eigenvalue weighted by Gasteiger charge is 2.21. The highest BCUT2D eigenvalue weighted by Crippen LogP contribution is 2.26. The third kappa shape index (κ3) is 5.16. The molecule has 1 saturated carbocycles. The van der Waals surface area contributed by atoms with Crippen molar-refractivity contribution in [2.24, 2.45) is 4.99 Å². The molecule has 0 radical (unpaired) electrons. The summed E-state index contributed by atoms with van der Waals surface area (Å²) in [5, 5.41) is 8.92. The van der Waals surface area contributed by atoms with Gasteiger partial charge >= 0.3 is 0 Å². The second-order valence-electron chi connectivity index (χ2n) is 5.80. The highest BCUT2D eigenvalue weighted by atomic mass is 32.2. The van der Waals surface area contributed by atoms with Crippen LogP contribution in [0.5, 0.6) is 0 Å². The minimum atomic E-state index is 0.549. The largest absolute Gasteiger partial charge is 0.357 e. The fraction of sp³-hybridized carbons (Fsp3) is 0.750. The number of thioether (sulfide) groups is 1. The maximum Gasteiger partial charge on any atom is 0.191 e. The van der Waals surface area contributed by atoms with E-state index in [0.717, 1.165) is 28.5 Å². The van der Waals surface area contributed by atoms with Crippen molar-refractivity contribution in [3.8, 4) is 0 Å². The van der Waals surface area contributed by atoms with Gasteiger partial charge in [0.1, 0.15) is 0 Å². The van der Waals surface area contributed by atoms with Crippen LogP contribution in [0.3, 0.4) is 0 Å². The molecular formula is C16H28N4S2. The van der Waals surface area contributed by atoms with E-state index in [1.807, 2.05) is 11.8 Å². The zero-order valence-electron chi connectivity index (χ0n) is 14.1. The first-order valence-electron chi connectivity index (χ1n) is 8.13. The molecular weight excluding hydrogens is 312 g/mol. The van der Waals surface area contributed by atoms with Crippen LogP contribution in [-0.2, 0) is 6.54 Å². The van der Waals surface area contributed by atoms with Crippen LogP contribution in [0.1, 0.15) is 48.2 Å². The predicted octanol–water partition coefficient (Wildman–Crippen LogP) is 3.49. The molecule has 1 heterocycles. The van der Waals surface area contributed by atoms with Gasteiger partial charge in [-0.2, -0.15) is 11.8 Å². The number of nitrogens with zero attached hydrogens (tertiary/aromatic N) is 2. The van der Waals surface area contributed by atoms with Gasteiger partial charge in [-0.05, 0) is 46.3 Å². The van der Waals surface area contributed by atoms with E-state index in [2.05, 4.69) is 42.6 Å². The summed E-state index contributed by atoms with van der Waals surface area (Å²) in [7, 11) is 0. The van der Waals surface area contributed by atoms with Crippen LogP contribution in [0, 0.1) is 13.8 Å². The normalized spacial score (nSPS) is 22.6. The zero-order chi connectivity index (χ0) is 15.9. The molecule has 2 atom stereocenters. The second kappa shape index (κ2) is 8.77. The lowest BCUT2D eigenvalue weighted by atomic mass is 9.95. The van der Waals surface area contributed by atoms with Crippen molar-refractivity contribution in [2.45, 2.75) is 64.3 Å². The molecule has 0 saturated heterocycles. The highest BCUT2D eigenvalue weighted by molar-refractivity contribution is 7.99. The van der Waals surface area contributed by atoms with E-state index >= 15 is 0 Å². The van der Waals surface area contributed by atoms with Gasteiger partial charge in [0.15, 0.2) is 5.96 Å². The van der Waals surface area contributed by atoms with Gasteiger partial charge in [0.05, 0.1) is 17.2 Å². The molecule has 0 aliphatic heterocycles. The Morgan fingerprint density at radius 3 is 2.86 bits per heavy atom. The van der Waals surface area contributed by atoms with Gasteiger partial charge in [0.25, 0.3) is 0 Å². The lowest BCUT2D eigenvalue weighted by molar-refractivity contribution is 0.419. The standard InChI is InChI=1S/C16H28N4S2/c1-5-17-16(18-10-15-11(2)19-12(3)22-15)20-13-7-6-8-14(9-13)21-4/h13-14H,5-10H2,1-4H3,(H2,17,18,20). The molecule has 0 bridgehead atoms. The van der Waals surface area contributed by atoms with Crippen LogP contribution in [-0.4, -0.2) is 35.0 Å². The Hall–Kier alpha value is -0.750. The minimum Gasteiger partial charge on any atom is -0.357 e.